The van der Waals surface area contributed by atoms with E-state index in [9.17, 15) is 4.21 Å². The number of fused-ring (bicyclic) bond motifs is 1. The minimum atomic E-state index is -0.748. The topological polar surface area (TPSA) is 29.1 Å². The molecular weight excluding hydrogens is 274 g/mol. The lowest BCUT2D eigenvalue weighted by molar-refractivity contribution is 0.512. The Labute approximate surface area is 121 Å². The first-order valence-corrected chi connectivity index (χ1v) is 9.07. The van der Waals surface area contributed by atoms with Gasteiger partial charge < -0.3 is 5.32 Å². The molecule has 2 rings (SSSR count). The highest BCUT2D eigenvalue weighted by Crippen LogP contribution is 2.34. The smallest absolute Gasteiger partial charge is 0.0391 e. The number of nitrogens with one attached hydrogen (secondary N) is 1. The van der Waals surface area contributed by atoms with Crippen molar-refractivity contribution in [2.75, 3.05) is 12.0 Å². The van der Waals surface area contributed by atoms with Crippen LogP contribution >= 0.6 is 11.3 Å². The molecule has 0 fully saturated rings. The van der Waals surface area contributed by atoms with E-state index in [0.29, 0.717) is 11.8 Å². The van der Waals surface area contributed by atoms with Crippen LogP contribution < -0.4 is 5.32 Å². The minimum Gasteiger partial charge on any atom is -0.306 e. The molecule has 19 heavy (non-hydrogen) atoms. The van der Waals surface area contributed by atoms with Crippen molar-refractivity contribution in [3.63, 3.8) is 0 Å². The highest BCUT2D eigenvalue weighted by Gasteiger charge is 2.16. The Hall–Kier alpha value is -0.710. The second-order valence-corrected chi connectivity index (χ2v) is 7.68. The average Bonchev–Trinajstić information content (AvgIpc) is 2.66. The van der Waals surface area contributed by atoms with Crippen molar-refractivity contribution in [3.05, 3.63) is 34.7 Å². The first kappa shape index (κ1) is 14.7. The van der Waals surface area contributed by atoms with Crippen LogP contribution in [-0.2, 0) is 10.8 Å². The molecule has 0 aliphatic rings. The Morgan fingerprint density at radius 2 is 2.00 bits per heavy atom. The van der Waals surface area contributed by atoms with Crippen LogP contribution in [-0.4, -0.2) is 22.3 Å². The number of aryl methyl sites for hydroxylation is 1. The molecule has 1 N–H and O–H groups in total. The van der Waals surface area contributed by atoms with Gasteiger partial charge in [0.05, 0.1) is 0 Å². The average molecular weight is 295 g/mol. The maximum Gasteiger partial charge on any atom is 0.0391 e. The van der Waals surface area contributed by atoms with Gasteiger partial charge in [0, 0.05) is 44.5 Å². The summed E-state index contributed by atoms with van der Waals surface area (Å²) in [5.41, 5.74) is 1.37. The molecule has 104 valence electrons. The van der Waals surface area contributed by atoms with Gasteiger partial charge in [-0.2, -0.15) is 0 Å². The van der Waals surface area contributed by atoms with Crippen molar-refractivity contribution in [2.45, 2.75) is 32.9 Å². The zero-order chi connectivity index (χ0) is 14.0. The van der Waals surface area contributed by atoms with Crippen LogP contribution in [0.3, 0.4) is 0 Å². The molecule has 0 aliphatic carbocycles. The molecule has 2 aromatic rings. The van der Waals surface area contributed by atoms with E-state index in [2.05, 4.69) is 50.4 Å². The number of rotatable bonds is 5. The van der Waals surface area contributed by atoms with E-state index in [-0.39, 0.29) is 6.04 Å². The molecule has 0 radical (unpaired) electrons. The Morgan fingerprint density at radius 3 is 2.63 bits per heavy atom. The maximum absolute atomic E-state index is 11.3. The number of hydrogen-bond donors (Lipinski definition) is 1. The molecule has 1 heterocycles. The van der Waals surface area contributed by atoms with Crippen LogP contribution in [0.1, 0.15) is 30.3 Å². The second-order valence-electron chi connectivity index (χ2n) is 5.12. The normalized spacial score (nSPS) is 16.4. The summed E-state index contributed by atoms with van der Waals surface area (Å²) >= 11 is 1.85. The van der Waals surface area contributed by atoms with E-state index in [4.69, 9.17) is 0 Å². The fourth-order valence-corrected chi connectivity index (χ4v) is 4.53. The van der Waals surface area contributed by atoms with Crippen molar-refractivity contribution in [3.8, 4) is 0 Å². The van der Waals surface area contributed by atoms with E-state index in [1.54, 1.807) is 6.26 Å². The summed E-state index contributed by atoms with van der Waals surface area (Å²) in [6, 6.07) is 9.10. The summed E-state index contributed by atoms with van der Waals surface area (Å²) in [5.74, 6) is 0.703. The third-order valence-corrected chi connectivity index (χ3v) is 5.72. The lowest BCUT2D eigenvalue weighted by Crippen LogP contribution is -2.33. The number of benzene rings is 1. The molecule has 0 aliphatic heterocycles. The van der Waals surface area contributed by atoms with Gasteiger partial charge in [0.15, 0.2) is 0 Å². The van der Waals surface area contributed by atoms with E-state index in [1.165, 1.54) is 20.5 Å². The summed E-state index contributed by atoms with van der Waals surface area (Å²) in [6.45, 7) is 6.47. The Kier molecular flexibility index (Phi) is 4.76. The van der Waals surface area contributed by atoms with Gasteiger partial charge in [0.1, 0.15) is 0 Å². The first-order chi connectivity index (χ1) is 8.99. The summed E-state index contributed by atoms with van der Waals surface area (Å²) in [4.78, 5) is 1.38. The van der Waals surface area contributed by atoms with Gasteiger partial charge >= 0.3 is 0 Å². The molecule has 0 bridgehead atoms. The van der Waals surface area contributed by atoms with Crippen LogP contribution in [0.5, 0.6) is 0 Å². The zero-order valence-electron chi connectivity index (χ0n) is 11.9. The Balaban J connectivity index is 2.19. The van der Waals surface area contributed by atoms with E-state index >= 15 is 0 Å². The van der Waals surface area contributed by atoms with Crippen molar-refractivity contribution < 1.29 is 4.21 Å². The summed E-state index contributed by atoms with van der Waals surface area (Å²) in [6.07, 6.45) is 1.76. The molecule has 3 unspecified atom stereocenters. The quantitative estimate of drug-likeness (QED) is 0.912. The summed E-state index contributed by atoms with van der Waals surface area (Å²) in [7, 11) is -0.748. The molecule has 1 aromatic carbocycles. The molecule has 3 atom stereocenters. The van der Waals surface area contributed by atoms with Crippen molar-refractivity contribution in [1.82, 2.24) is 5.32 Å². The van der Waals surface area contributed by atoms with Crippen LogP contribution in [0.4, 0.5) is 0 Å². The van der Waals surface area contributed by atoms with Crippen molar-refractivity contribution in [2.24, 2.45) is 0 Å². The molecular formula is C15H21NOS2. The van der Waals surface area contributed by atoms with Gasteiger partial charge in [-0.3, -0.25) is 4.21 Å². The largest absolute Gasteiger partial charge is 0.306 e. The maximum atomic E-state index is 11.3. The summed E-state index contributed by atoms with van der Waals surface area (Å²) < 4.78 is 12.6. The fourth-order valence-electron chi connectivity index (χ4n) is 2.51. The molecule has 0 saturated heterocycles. The van der Waals surface area contributed by atoms with Crippen LogP contribution in [0.2, 0.25) is 0 Å². The second kappa shape index (κ2) is 6.16. The fraction of sp³-hybridized carbons (Fsp3) is 0.467. The van der Waals surface area contributed by atoms with E-state index in [1.807, 2.05) is 11.3 Å². The van der Waals surface area contributed by atoms with Gasteiger partial charge in [0.2, 0.25) is 0 Å². The van der Waals surface area contributed by atoms with Crippen LogP contribution in [0, 0.1) is 6.92 Å². The zero-order valence-corrected chi connectivity index (χ0v) is 13.5. The van der Waals surface area contributed by atoms with Gasteiger partial charge in [-0.25, -0.2) is 0 Å². The standard InChI is InChI=1S/C15H21NOS2/c1-10(9-19(4)17)16-12(3)15-11(2)13-7-5-6-8-14(13)18-15/h5-8,10,12,16H,9H2,1-4H3. The molecule has 1 aromatic heterocycles. The van der Waals surface area contributed by atoms with Crippen molar-refractivity contribution in [1.29, 1.82) is 0 Å². The number of hydrogen-bond acceptors (Lipinski definition) is 3. The first-order valence-electron chi connectivity index (χ1n) is 6.53. The molecule has 0 amide bonds. The monoisotopic (exact) mass is 295 g/mol. The van der Waals surface area contributed by atoms with Crippen LogP contribution in [0.15, 0.2) is 24.3 Å². The molecule has 4 heteroatoms. The summed E-state index contributed by atoms with van der Waals surface area (Å²) in [5, 5.41) is 4.90. The predicted molar refractivity (Wildman–Crippen MR) is 86.5 cm³/mol. The predicted octanol–water partition coefficient (Wildman–Crippen LogP) is 3.63. The third kappa shape index (κ3) is 3.44. The lowest BCUT2D eigenvalue weighted by atomic mass is 10.1. The molecule has 0 spiro atoms. The SMILES string of the molecule is Cc1c(C(C)NC(C)CS(C)=O)sc2ccccc12. The molecule has 2 nitrogen and oxygen atoms in total. The molecule has 0 saturated carbocycles. The minimum absolute atomic E-state index is 0.269. The van der Waals surface area contributed by atoms with Gasteiger partial charge in [-0.15, -0.1) is 11.3 Å². The number of thiophene rings is 1. The third-order valence-electron chi connectivity index (χ3n) is 3.29. The Bertz CT molecular complexity index is 591. The Morgan fingerprint density at radius 1 is 1.32 bits per heavy atom. The highest BCUT2D eigenvalue weighted by atomic mass is 32.2. The van der Waals surface area contributed by atoms with Gasteiger partial charge in [-0.1, -0.05) is 18.2 Å². The van der Waals surface area contributed by atoms with Gasteiger partial charge in [-0.05, 0) is 37.8 Å². The van der Waals surface area contributed by atoms with E-state index < -0.39 is 10.8 Å². The lowest BCUT2D eigenvalue weighted by Gasteiger charge is -2.19. The highest BCUT2D eigenvalue weighted by molar-refractivity contribution is 7.84. The van der Waals surface area contributed by atoms with Crippen LogP contribution in [0.25, 0.3) is 10.1 Å². The van der Waals surface area contributed by atoms with E-state index in [0.717, 1.165) is 0 Å². The van der Waals surface area contributed by atoms with Crippen molar-refractivity contribution >= 4 is 32.2 Å². The van der Waals surface area contributed by atoms with Gasteiger partial charge in [0.25, 0.3) is 0 Å².